The Morgan fingerprint density at radius 2 is 1.74 bits per heavy atom. The zero-order valence-corrected chi connectivity index (χ0v) is 22.5. The molecule has 198 valence electrons. The fraction of sp³-hybridized carbons (Fsp3) is 0.429. The van der Waals surface area contributed by atoms with Gasteiger partial charge >= 0.3 is 6.03 Å². The number of carbonyl (C=O) groups excluding carboxylic acids is 2. The second kappa shape index (κ2) is 10.3. The van der Waals surface area contributed by atoms with Gasteiger partial charge in [0.2, 0.25) is 0 Å². The van der Waals surface area contributed by atoms with Crippen LogP contribution in [0.5, 0.6) is 0 Å². The number of aliphatic imine (C=N–C) groups is 1. The van der Waals surface area contributed by atoms with E-state index in [9.17, 15) is 9.59 Å². The number of para-hydroxylation sites is 2. The summed E-state index contributed by atoms with van der Waals surface area (Å²) in [5.74, 6) is 1.91. The summed E-state index contributed by atoms with van der Waals surface area (Å²) in [6, 6.07) is 17.5. The number of likely N-dealkylation sites (N-methyl/N-ethyl adjacent to an activating group) is 2. The lowest BCUT2D eigenvalue weighted by atomic mass is 9.90. The monoisotopic (exact) mass is 532 g/mol. The minimum Gasteiger partial charge on any atom is -0.431 e. The summed E-state index contributed by atoms with van der Waals surface area (Å²) < 4.78 is 5.88. The van der Waals surface area contributed by atoms with Gasteiger partial charge in [-0.2, -0.15) is 0 Å². The van der Waals surface area contributed by atoms with Crippen LogP contribution in [0.1, 0.15) is 18.4 Å². The zero-order chi connectivity index (χ0) is 26.2. The van der Waals surface area contributed by atoms with Crippen LogP contribution in [-0.2, 0) is 11.2 Å². The lowest BCUT2D eigenvalue weighted by molar-refractivity contribution is -0.136. The van der Waals surface area contributed by atoms with E-state index in [1.807, 2.05) is 24.3 Å². The van der Waals surface area contributed by atoms with Gasteiger partial charge in [0, 0.05) is 39.5 Å². The highest BCUT2D eigenvalue weighted by Crippen LogP contribution is 2.32. The molecule has 38 heavy (non-hydrogen) atoms. The predicted molar refractivity (Wildman–Crippen MR) is 147 cm³/mol. The molecule has 0 aliphatic carbocycles. The number of hydrogen-bond donors (Lipinski definition) is 0. The number of hydrogen-bond acceptors (Lipinski definition) is 8. The van der Waals surface area contributed by atoms with Gasteiger partial charge in [-0.15, -0.1) is 0 Å². The van der Waals surface area contributed by atoms with Gasteiger partial charge in [0.05, 0.1) is 0 Å². The lowest BCUT2D eigenvalue weighted by Gasteiger charge is -2.41. The first kappa shape index (κ1) is 24.8. The van der Waals surface area contributed by atoms with Crippen molar-refractivity contribution in [3.05, 3.63) is 60.2 Å². The van der Waals surface area contributed by atoms with E-state index in [0.29, 0.717) is 23.4 Å². The molecular weight excluding hydrogens is 500 g/mol. The Kier molecular flexibility index (Phi) is 6.73. The number of oxazole rings is 1. The second-order valence-electron chi connectivity index (χ2n) is 10.2. The quantitative estimate of drug-likeness (QED) is 0.447. The van der Waals surface area contributed by atoms with Crippen molar-refractivity contribution in [3.8, 4) is 0 Å². The Bertz CT molecular complexity index is 1320. The van der Waals surface area contributed by atoms with E-state index in [2.05, 4.69) is 45.1 Å². The largest absolute Gasteiger partial charge is 0.431 e. The fourth-order valence-corrected chi connectivity index (χ4v) is 6.46. The molecule has 2 atom stereocenters. The summed E-state index contributed by atoms with van der Waals surface area (Å²) >= 11 is 1.53. The number of rotatable bonds is 6. The highest BCUT2D eigenvalue weighted by Gasteiger charge is 2.52. The molecule has 0 bridgehead atoms. The molecule has 0 saturated carbocycles. The van der Waals surface area contributed by atoms with Crippen LogP contribution in [-0.4, -0.2) is 94.2 Å². The Balaban J connectivity index is 1.17. The zero-order valence-electron chi connectivity index (χ0n) is 21.7. The van der Waals surface area contributed by atoms with Gasteiger partial charge in [-0.1, -0.05) is 54.2 Å². The van der Waals surface area contributed by atoms with Crippen molar-refractivity contribution < 1.29 is 14.0 Å². The normalized spacial score (nSPS) is 22.4. The first-order valence-electron chi connectivity index (χ1n) is 13.2. The van der Waals surface area contributed by atoms with E-state index in [4.69, 9.17) is 9.41 Å². The summed E-state index contributed by atoms with van der Waals surface area (Å²) in [6.07, 6.45) is 2.70. The van der Waals surface area contributed by atoms with Crippen LogP contribution in [0.2, 0.25) is 0 Å². The summed E-state index contributed by atoms with van der Waals surface area (Å²) in [6.45, 7) is 2.35. The van der Waals surface area contributed by atoms with Gasteiger partial charge in [0.15, 0.2) is 23.8 Å². The molecule has 6 rings (SSSR count). The number of fused-ring (bicyclic) bond motifs is 2. The molecular formula is C28H32N6O3S. The molecule has 0 radical (unpaired) electrons. The fourth-order valence-electron chi connectivity index (χ4n) is 5.68. The summed E-state index contributed by atoms with van der Waals surface area (Å²) in [4.78, 5) is 42.7. The maximum Gasteiger partial charge on any atom is 0.328 e. The average Bonchev–Trinajstić information content (AvgIpc) is 3.53. The minimum absolute atomic E-state index is 0.206. The number of guanidine groups is 1. The molecule has 2 unspecified atom stereocenters. The molecule has 3 amide bonds. The number of thioether (sulfide) groups is 1. The second-order valence-corrected chi connectivity index (χ2v) is 11.2. The van der Waals surface area contributed by atoms with Crippen molar-refractivity contribution in [2.45, 2.75) is 36.7 Å². The van der Waals surface area contributed by atoms with Crippen LogP contribution < -0.4 is 0 Å². The molecule has 10 heteroatoms. The number of urea groups is 1. The van der Waals surface area contributed by atoms with E-state index in [1.165, 1.54) is 22.2 Å². The van der Waals surface area contributed by atoms with Crippen LogP contribution in [0.3, 0.4) is 0 Å². The van der Waals surface area contributed by atoms with Crippen molar-refractivity contribution in [1.82, 2.24) is 24.6 Å². The van der Waals surface area contributed by atoms with Crippen molar-refractivity contribution in [2.24, 2.45) is 10.9 Å². The minimum atomic E-state index is -0.524. The van der Waals surface area contributed by atoms with Crippen LogP contribution in [0.15, 0.2) is 69.2 Å². The summed E-state index contributed by atoms with van der Waals surface area (Å²) in [7, 11) is 3.28. The number of nitrogens with zero attached hydrogens (tertiary/aromatic N) is 6. The van der Waals surface area contributed by atoms with E-state index in [1.54, 1.807) is 19.0 Å². The predicted octanol–water partition coefficient (Wildman–Crippen LogP) is 3.76. The van der Waals surface area contributed by atoms with Gasteiger partial charge in [-0.05, 0) is 42.9 Å². The molecule has 0 N–H and O–H groups in total. The van der Waals surface area contributed by atoms with Gasteiger partial charge in [0.1, 0.15) is 5.52 Å². The SMILES string of the molecule is CN1C(=O)C2C(N=C(N3CCC(Cc4ccccc4)CC3)N2CCSc2nc3ccccc3o2)N(C)C1=O. The van der Waals surface area contributed by atoms with Gasteiger partial charge in [0.25, 0.3) is 11.1 Å². The van der Waals surface area contributed by atoms with Crippen molar-refractivity contribution in [3.63, 3.8) is 0 Å². The number of aromatic nitrogens is 1. The number of amides is 3. The average molecular weight is 533 g/mol. The smallest absolute Gasteiger partial charge is 0.328 e. The Morgan fingerprint density at radius 1 is 1.00 bits per heavy atom. The van der Waals surface area contributed by atoms with Gasteiger partial charge < -0.3 is 19.1 Å². The van der Waals surface area contributed by atoms with E-state index >= 15 is 0 Å². The molecule has 3 aliphatic rings. The molecule has 3 aromatic rings. The van der Waals surface area contributed by atoms with Gasteiger partial charge in [-0.3, -0.25) is 9.69 Å². The summed E-state index contributed by atoms with van der Waals surface area (Å²) in [5, 5.41) is 0.613. The molecule has 0 spiro atoms. The number of imide groups is 1. The first-order chi connectivity index (χ1) is 18.5. The Labute approximate surface area is 226 Å². The van der Waals surface area contributed by atoms with Crippen LogP contribution in [0.4, 0.5) is 4.79 Å². The van der Waals surface area contributed by atoms with Crippen LogP contribution in [0, 0.1) is 5.92 Å². The molecule has 9 nitrogen and oxygen atoms in total. The number of benzene rings is 2. The molecule has 2 fully saturated rings. The highest BCUT2D eigenvalue weighted by atomic mass is 32.2. The molecule has 2 saturated heterocycles. The van der Waals surface area contributed by atoms with Crippen molar-refractivity contribution in [2.75, 3.05) is 39.5 Å². The third-order valence-electron chi connectivity index (χ3n) is 7.79. The van der Waals surface area contributed by atoms with Crippen molar-refractivity contribution in [1.29, 1.82) is 0 Å². The highest BCUT2D eigenvalue weighted by molar-refractivity contribution is 7.99. The van der Waals surface area contributed by atoms with Crippen LogP contribution >= 0.6 is 11.8 Å². The first-order valence-corrected chi connectivity index (χ1v) is 14.1. The van der Waals surface area contributed by atoms with E-state index in [0.717, 1.165) is 49.4 Å². The number of piperidine rings is 1. The Morgan fingerprint density at radius 3 is 2.50 bits per heavy atom. The van der Waals surface area contributed by atoms with E-state index in [-0.39, 0.29) is 11.9 Å². The third-order valence-corrected chi connectivity index (χ3v) is 8.60. The topological polar surface area (TPSA) is 85.5 Å². The van der Waals surface area contributed by atoms with Crippen molar-refractivity contribution >= 4 is 40.8 Å². The number of carbonyl (C=O) groups is 2. The molecule has 3 aliphatic heterocycles. The lowest BCUT2D eigenvalue weighted by Crippen LogP contribution is -2.64. The van der Waals surface area contributed by atoms with Crippen LogP contribution in [0.25, 0.3) is 11.1 Å². The van der Waals surface area contributed by atoms with E-state index < -0.39 is 12.2 Å². The van der Waals surface area contributed by atoms with Gasteiger partial charge in [-0.25, -0.2) is 14.8 Å². The molecule has 4 heterocycles. The summed E-state index contributed by atoms with van der Waals surface area (Å²) in [5.41, 5.74) is 2.98. The third kappa shape index (κ3) is 4.62. The maximum atomic E-state index is 13.3. The standard InChI is InChI=1S/C28H32N6O3S/c1-31-24-23(25(35)32(2)28(31)36)34(16-17-38-27-29-21-10-6-7-11-22(21)37-27)26(30-24)33-14-12-20(13-15-33)18-19-8-4-3-5-9-19/h3-11,20,23-24H,12-18H2,1-2H3. The maximum absolute atomic E-state index is 13.3. The molecule has 1 aromatic heterocycles. The number of likely N-dealkylation sites (tertiary alicyclic amines) is 1. The molecule has 2 aromatic carbocycles. The Hall–Kier alpha value is -3.53.